The fraction of sp³-hybridized carbons (Fsp3) is 0.200. The SMILES string of the molecule is C=CCN(CC=C)C(=O)C(=O)Nc1ccc(C)cc1Br. The van der Waals surface area contributed by atoms with E-state index in [0.29, 0.717) is 18.8 Å². The van der Waals surface area contributed by atoms with Gasteiger partial charge in [0, 0.05) is 17.6 Å². The van der Waals surface area contributed by atoms with Crippen LogP contribution in [0.1, 0.15) is 5.56 Å². The van der Waals surface area contributed by atoms with Crippen LogP contribution in [0.4, 0.5) is 5.69 Å². The van der Waals surface area contributed by atoms with E-state index in [1.165, 1.54) is 4.90 Å². The van der Waals surface area contributed by atoms with Gasteiger partial charge in [-0.25, -0.2) is 0 Å². The Bertz CT molecular complexity index is 531. The Balaban J connectivity index is 2.80. The lowest BCUT2D eigenvalue weighted by molar-refractivity contribution is -0.142. The van der Waals surface area contributed by atoms with Crippen LogP contribution in [0.2, 0.25) is 0 Å². The number of benzene rings is 1. The van der Waals surface area contributed by atoms with E-state index >= 15 is 0 Å². The zero-order chi connectivity index (χ0) is 15.1. The van der Waals surface area contributed by atoms with Crippen molar-refractivity contribution in [3.63, 3.8) is 0 Å². The molecule has 0 unspecified atom stereocenters. The molecule has 0 saturated heterocycles. The third-order valence-corrected chi connectivity index (χ3v) is 3.21. The van der Waals surface area contributed by atoms with Gasteiger partial charge >= 0.3 is 11.8 Å². The van der Waals surface area contributed by atoms with Gasteiger partial charge in [0.25, 0.3) is 0 Å². The number of amides is 2. The summed E-state index contributed by atoms with van der Waals surface area (Å²) in [6, 6.07) is 5.47. The number of aryl methyl sites for hydroxylation is 1. The minimum absolute atomic E-state index is 0.299. The molecule has 0 fully saturated rings. The van der Waals surface area contributed by atoms with Crippen molar-refractivity contribution in [1.29, 1.82) is 0 Å². The smallest absolute Gasteiger partial charge is 0.313 e. The molecule has 0 aliphatic heterocycles. The summed E-state index contributed by atoms with van der Waals surface area (Å²) < 4.78 is 0.734. The van der Waals surface area contributed by atoms with E-state index in [1.807, 2.05) is 19.1 Å². The summed E-state index contributed by atoms with van der Waals surface area (Å²) in [6.45, 7) is 9.67. The molecule has 1 aromatic carbocycles. The number of anilines is 1. The molecule has 20 heavy (non-hydrogen) atoms. The molecule has 0 spiro atoms. The molecule has 0 heterocycles. The molecule has 0 aliphatic rings. The van der Waals surface area contributed by atoms with E-state index in [-0.39, 0.29) is 0 Å². The van der Waals surface area contributed by atoms with Gasteiger partial charge in [0.05, 0.1) is 5.69 Å². The number of carbonyl (C=O) groups is 2. The lowest BCUT2D eigenvalue weighted by atomic mass is 10.2. The van der Waals surface area contributed by atoms with Gasteiger partial charge in [-0.05, 0) is 40.5 Å². The van der Waals surface area contributed by atoms with Gasteiger partial charge in [-0.2, -0.15) is 0 Å². The molecule has 0 saturated carbocycles. The van der Waals surface area contributed by atoms with Gasteiger partial charge in [0.15, 0.2) is 0 Å². The second kappa shape index (κ2) is 7.65. The van der Waals surface area contributed by atoms with Gasteiger partial charge < -0.3 is 10.2 Å². The van der Waals surface area contributed by atoms with Crippen LogP contribution in [-0.4, -0.2) is 29.8 Å². The highest BCUT2D eigenvalue weighted by Gasteiger charge is 2.20. The Hall–Kier alpha value is -1.88. The Kier molecular flexibility index (Phi) is 6.18. The van der Waals surface area contributed by atoms with E-state index in [1.54, 1.807) is 18.2 Å². The van der Waals surface area contributed by atoms with Crippen molar-refractivity contribution in [2.45, 2.75) is 6.92 Å². The summed E-state index contributed by atoms with van der Waals surface area (Å²) in [5.41, 5.74) is 1.62. The second-order valence-electron chi connectivity index (χ2n) is 4.22. The molecular weight excluding hydrogens is 320 g/mol. The van der Waals surface area contributed by atoms with Crippen LogP contribution in [0, 0.1) is 6.92 Å². The molecule has 0 bridgehead atoms. The van der Waals surface area contributed by atoms with E-state index in [4.69, 9.17) is 0 Å². The van der Waals surface area contributed by atoms with Crippen molar-refractivity contribution in [2.24, 2.45) is 0 Å². The molecule has 106 valence electrons. The summed E-state index contributed by atoms with van der Waals surface area (Å²) in [5.74, 6) is -1.30. The minimum atomic E-state index is -0.682. The summed E-state index contributed by atoms with van der Waals surface area (Å²) in [7, 11) is 0. The Morgan fingerprint density at radius 2 is 1.90 bits per heavy atom. The Morgan fingerprint density at radius 3 is 2.40 bits per heavy atom. The summed E-state index contributed by atoms with van der Waals surface area (Å²) >= 11 is 3.35. The van der Waals surface area contributed by atoms with E-state index in [9.17, 15) is 9.59 Å². The van der Waals surface area contributed by atoms with Crippen LogP contribution in [0.15, 0.2) is 48.0 Å². The van der Waals surface area contributed by atoms with Gasteiger partial charge in [-0.15, -0.1) is 13.2 Å². The maximum Gasteiger partial charge on any atom is 0.313 e. The molecule has 0 aromatic heterocycles. The summed E-state index contributed by atoms with van der Waals surface area (Å²) in [5, 5.41) is 2.59. The monoisotopic (exact) mass is 336 g/mol. The molecule has 2 amide bonds. The lowest BCUT2D eigenvalue weighted by Crippen LogP contribution is -2.39. The lowest BCUT2D eigenvalue weighted by Gasteiger charge is -2.18. The largest absolute Gasteiger partial charge is 0.327 e. The Labute approximate surface area is 127 Å². The number of nitrogens with zero attached hydrogens (tertiary/aromatic N) is 1. The molecule has 1 N–H and O–H groups in total. The van der Waals surface area contributed by atoms with Crippen LogP contribution in [0.25, 0.3) is 0 Å². The first-order valence-corrected chi connectivity index (χ1v) is 6.87. The first kappa shape index (κ1) is 16.2. The van der Waals surface area contributed by atoms with Crippen LogP contribution >= 0.6 is 15.9 Å². The normalized spacial score (nSPS) is 9.70. The van der Waals surface area contributed by atoms with Gasteiger partial charge in [0.2, 0.25) is 0 Å². The maximum atomic E-state index is 12.0. The fourth-order valence-corrected chi connectivity index (χ4v) is 2.19. The number of nitrogens with one attached hydrogen (secondary N) is 1. The number of halogens is 1. The van der Waals surface area contributed by atoms with Gasteiger partial charge in [-0.1, -0.05) is 18.2 Å². The number of carbonyl (C=O) groups excluding carboxylic acids is 2. The highest BCUT2D eigenvalue weighted by atomic mass is 79.9. The van der Waals surface area contributed by atoms with Crippen LogP contribution < -0.4 is 5.32 Å². The number of hydrogen-bond acceptors (Lipinski definition) is 2. The molecule has 1 rings (SSSR count). The predicted molar refractivity (Wildman–Crippen MR) is 84.5 cm³/mol. The highest BCUT2D eigenvalue weighted by molar-refractivity contribution is 9.10. The summed E-state index contributed by atoms with van der Waals surface area (Å²) in [6.07, 6.45) is 3.13. The molecule has 1 aromatic rings. The third kappa shape index (κ3) is 4.35. The summed E-state index contributed by atoms with van der Waals surface area (Å²) in [4.78, 5) is 25.3. The van der Waals surface area contributed by atoms with Crippen molar-refractivity contribution in [1.82, 2.24) is 4.90 Å². The van der Waals surface area contributed by atoms with E-state index < -0.39 is 11.8 Å². The zero-order valence-corrected chi connectivity index (χ0v) is 12.9. The fourth-order valence-electron chi connectivity index (χ4n) is 1.59. The van der Waals surface area contributed by atoms with Gasteiger partial charge in [0.1, 0.15) is 0 Å². The zero-order valence-electron chi connectivity index (χ0n) is 11.4. The van der Waals surface area contributed by atoms with Crippen LogP contribution in [0.5, 0.6) is 0 Å². The highest BCUT2D eigenvalue weighted by Crippen LogP contribution is 2.23. The minimum Gasteiger partial charge on any atom is -0.327 e. The predicted octanol–water partition coefficient (Wildman–Crippen LogP) is 2.90. The van der Waals surface area contributed by atoms with E-state index in [2.05, 4.69) is 34.4 Å². The first-order valence-electron chi connectivity index (χ1n) is 6.07. The molecular formula is C15H17BrN2O2. The quantitative estimate of drug-likeness (QED) is 0.663. The van der Waals surface area contributed by atoms with Crippen molar-refractivity contribution in [2.75, 3.05) is 18.4 Å². The van der Waals surface area contributed by atoms with E-state index in [0.717, 1.165) is 10.0 Å². The standard InChI is InChI=1S/C15H17BrN2O2/c1-4-8-18(9-5-2)15(20)14(19)17-13-7-6-11(3)10-12(13)16/h4-7,10H,1-2,8-9H2,3H3,(H,17,19). The van der Waals surface area contributed by atoms with Crippen molar-refractivity contribution < 1.29 is 9.59 Å². The number of rotatable bonds is 5. The topological polar surface area (TPSA) is 49.4 Å². The van der Waals surface area contributed by atoms with Gasteiger partial charge in [-0.3, -0.25) is 9.59 Å². The third-order valence-electron chi connectivity index (χ3n) is 2.55. The molecule has 0 atom stereocenters. The molecule has 0 aliphatic carbocycles. The average Bonchev–Trinajstić information content (AvgIpc) is 2.40. The van der Waals surface area contributed by atoms with Crippen molar-refractivity contribution >= 4 is 33.4 Å². The van der Waals surface area contributed by atoms with Crippen LogP contribution in [-0.2, 0) is 9.59 Å². The average molecular weight is 337 g/mol. The van der Waals surface area contributed by atoms with Crippen molar-refractivity contribution in [3.8, 4) is 0 Å². The second-order valence-corrected chi connectivity index (χ2v) is 5.08. The molecule has 0 radical (unpaired) electrons. The number of hydrogen-bond donors (Lipinski definition) is 1. The van der Waals surface area contributed by atoms with Crippen molar-refractivity contribution in [3.05, 3.63) is 53.5 Å². The molecule has 5 heteroatoms. The molecule has 4 nitrogen and oxygen atoms in total. The van der Waals surface area contributed by atoms with Crippen LogP contribution in [0.3, 0.4) is 0 Å². The maximum absolute atomic E-state index is 12.0. The first-order chi connectivity index (χ1) is 9.49. The Morgan fingerprint density at radius 1 is 1.30 bits per heavy atom.